The molecule has 190 valence electrons. The first kappa shape index (κ1) is 29.8. The van der Waals surface area contributed by atoms with Crippen molar-refractivity contribution in [1.82, 2.24) is 0 Å². The molecule has 0 bridgehead atoms. The standard InChI is InChI=1S/C29H43NO.C3H8/c1-6-10-12-14-26-15-17-27(18-16-26)30(24(5)8-3)28-19-21-29(22-20-28)31-23-25(9-4)13-11-7-2;1-3-2/h8,15-19,21-22,25,28H,3,5-7,9-14,20,23H2,1-2,4H3;3H2,1-2H3. The molecule has 0 N–H and O–H groups in total. The Balaban J connectivity index is 0.00000182. The zero-order valence-corrected chi connectivity index (χ0v) is 22.8. The van der Waals surface area contributed by atoms with Crippen molar-refractivity contribution in [2.75, 3.05) is 11.5 Å². The van der Waals surface area contributed by atoms with Gasteiger partial charge in [-0.05, 0) is 67.5 Å². The van der Waals surface area contributed by atoms with E-state index in [4.69, 9.17) is 4.74 Å². The molecule has 2 rings (SSSR count). The number of hydrogen-bond donors (Lipinski definition) is 0. The predicted molar refractivity (Wildman–Crippen MR) is 152 cm³/mol. The molecule has 0 spiro atoms. The second-order valence-electron chi connectivity index (χ2n) is 9.39. The van der Waals surface area contributed by atoms with Crippen LogP contribution < -0.4 is 4.90 Å². The van der Waals surface area contributed by atoms with Gasteiger partial charge in [0.15, 0.2) is 0 Å². The molecule has 0 radical (unpaired) electrons. The van der Waals surface area contributed by atoms with Crippen LogP contribution in [-0.2, 0) is 11.2 Å². The lowest BCUT2D eigenvalue weighted by Crippen LogP contribution is -2.33. The van der Waals surface area contributed by atoms with E-state index < -0.39 is 0 Å². The van der Waals surface area contributed by atoms with Crippen LogP contribution in [0.25, 0.3) is 0 Å². The van der Waals surface area contributed by atoms with E-state index in [0.717, 1.165) is 30.9 Å². The SMILES string of the molecule is C=CC(=C)N(c1ccc(CCCCC)cc1)C1C=CC(OCC(CC)CCCC)=CC1.CCC. The topological polar surface area (TPSA) is 12.5 Å². The van der Waals surface area contributed by atoms with Gasteiger partial charge in [0.1, 0.15) is 5.76 Å². The van der Waals surface area contributed by atoms with Crippen molar-refractivity contribution >= 4 is 5.69 Å². The number of anilines is 1. The van der Waals surface area contributed by atoms with Crippen LogP contribution in [0, 0.1) is 5.92 Å². The number of unbranched alkanes of at least 4 members (excludes halogenated alkanes) is 3. The Morgan fingerprint density at radius 1 is 1.06 bits per heavy atom. The molecule has 0 aliphatic heterocycles. The van der Waals surface area contributed by atoms with Crippen molar-refractivity contribution in [2.24, 2.45) is 5.92 Å². The van der Waals surface area contributed by atoms with Crippen LogP contribution in [0.4, 0.5) is 5.69 Å². The third-order valence-electron chi connectivity index (χ3n) is 6.23. The van der Waals surface area contributed by atoms with Crippen molar-refractivity contribution < 1.29 is 4.74 Å². The van der Waals surface area contributed by atoms with Crippen LogP contribution in [0.2, 0.25) is 0 Å². The summed E-state index contributed by atoms with van der Waals surface area (Å²) < 4.78 is 6.13. The number of hydrogen-bond acceptors (Lipinski definition) is 2. The number of allylic oxidation sites excluding steroid dienone is 2. The summed E-state index contributed by atoms with van der Waals surface area (Å²) in [6.45, 7) is 20.0. The average Bonchev–Trinajstić information content (AvgIpc) is 2.86. The smallest absolute Gasteiger partial charge is 0.115 e. The van der Waals surface area contributed by atoms with Gasteiger partial charge in [-0.3, -0.25) is 0 Å². The van der Waals surface area contributed by atoms with Gasteiger partial charge in [-0.25, -0.2) is 0 Å². The first-order valence-electron chi connectivity index (χ1n) is 13.7. The van der Waals surface area contributed by atoms with E-state index >= 15 is 0 Å². The van der Waals surface area contributed by atoms with Gasteiger partial charge in [-0.1, -0.05) is 105 Å². The molecule has 2 heteroatoms. The Labute approximate surface area is 211 Å². The molecule has 2 atom stereocenters. The van der Waals surface area contributed by atoms with Crippen molar-refractivity contribution in [3.8, 4) is 0 Å². The highest BCUT2D eigenvalue weighted by Gasteiger charge is 2.20. The summed E-state index contributed by atoms with van der Waals surface area (Å²) in [6, 6.07) is 9.18. The molecule has 1 aliphatic rings. The van der Waals surface area contributed by atoms with Gasteiger partial charge >= 0.3 is 0 Å². The number of aryl methyl sites for hydroxylation is 1. The van der Waals surface area contributed by atoms with Crippen LogP contribution >= 0.6 is 0 Å². The molecule has 0 saturated heterocycles. The normalized spacial score (nSPS) is 15.6. The summed E-state index contributed by atoms with van der Waals surface area (Å²) in [4.78, 5) is 2.28. The Hall–Kier alpha value is -2.22. The summed E-state index contributed by atoms with van der Waals surface area (Å²) in [5.74, 6) is 1.65. The molecule has 1 aliphatic carbocycles. The van der Waals surface area contributed by atoms with Gasteiger partial charge in [0.2, 0.25) is 0 Å². The molecule has 0 heterocycles. The molecule has 0 amide bonds. The van der Waals surface area contributed by atoms with Crippen LogP contribution in [0.15, 0.2) is 73.2 Å². The Morgan fingerprint density at radius 2 is 1.74 bits per heavy atom. The van der Waals surface area contributed by atoms with Gasteiger partial charge in [-0.2, -0.15) is 0 Å². The average molecular weight is 466 g/mol. The van der Waals surface area contributed by atoms with Gasteiger partial charge < -0.3 is 9.64 Å². The summed E-state index contributed by atoms with van der Waals surface area (Å²) in [5.41, 5.74) is 3.50. The van der Waals surface area contributed by atoms with Crippen LogP contribution in [0.3, 0.4) is 0 Å². The van der Waals surface area contributed by atoms with E-state index in [1.165, 1.54) is 62.6 Å². The summed E-state index contributed by atoms with van der Waals surface area (Å²) in [5, 5.41) is 0. The van der Waals surface area contributed by atoms with Gasteiger partial charge in [0.25, 0.3) is 0 Å². The molecule has 2 nitrogen and oxygen atoms in total. The third-order valence-corrected chi connectivity index (χ3v) is 6.23. The Kier molecular flexibility index (Phi) is 15.9. The molecule has 2 unspecified atom stereocenters. The fourth-order valence-corrected chi connectivity index (χ4v) is 4.07. The van der Waals surface area contributed by atoms with E-state index in [9.17, 15) is 0 Å². The van der Waals surface area contributed by atoms with Crippen LogP contribution in [0.5, 0.6) is 0 Å². The molecule has 0 fully saturated rings. The predicted octanol–water partition coefficient (Wildman–Crippen LogP) is 9.79. The molecule has 1 aromatic carbocycles. The van der Waals surface area contributed by atoms with Gasteiger partial charge in [0.05, 0.1) is 12.6 Å². The lowest BCUT2D eigenvalue weighted by molar-refractivity contribution is 0.163. The van der Waals surface area contributed by atoms with Crippen LogP contribution in [-0.4, -0.2) is 12.6 Å². The molecule has 1 aromatic rings. The number of nitrogens with zero attached hydrogens (tertiary/aromatic N) is 1. The quantitative estimate of drug-likeness (QED) is 0.189. The molecule has 34 heavy (non-hydrogen) atoms. The lowest BCUT2D eigenvalue weighted by atomic mass is 10.0. The lowest BCUT2D eigenvalue weighted by Gasteiger charge is -2.33. The first-order valence-corrected chi connectivity index (χ1v) is 13.7. The monoisotopic (exact) mass is 465 g/mol. The van der Waals surface area contributed by atoms with E-state index in [0.29, 0.717) is 5.92 Å². The van der Waals surface area contributed by atoms with Crippen LogP contribution in [0.1, 0.15) is 98.0 Å². The van der Waals surface area contributed by atoms with Gasteiger partial charge in [0, 0.05) is 11.4 Å². The minimum Gasteiger partial charge on any atom is -0.494 e. The summed E-state index contributed by atoms with van der Waals surface area (Å²) in [6.07, 6.45) is 20.5. The Morgan fingerprint density at radius 3 is 2.26 bits per heavy atom. The third kappa shape index (κ3) is 10.8. The summed E-state index contributed by atoms with van der Waals surface area (Å²) in [7, 11) is 0. The van der Waals surface area contributed by atoms with Crippen molar-refractivity contribution in [3.63, 3.8) is 0 Å². The molecular formula is C32H51NO. The number of benzene rings is 1. The maximum atomic E-state index is 6.13. The molecule has 0 aromatic heterocycles. The highest BCUT2D eigenvalue weighted by molar-refractivity contribution is 5.57. The van der Waals surface area contributed by atoms with Crippen molar-refractivity contribution in [2.45, 2.75) is 105 Å². The minimum atomic E-state index is 0.228. The first-order chi connectivity index (χ1) is 16.5. The largest absolute Gasteiger partial charge is 0.494 e. The molecular weight excluding hydrogens is 414 g/mol. The van der Waals surface area contributed by atoms with Gasteiger partial charge in [-0.15, -0.1) is 0 Å². The summed E-state index contributed by atoms with van der Waals surface area (Å²) >= 11 is 0. The zero-order valence-electron chi connectivity index (χ0n) is 22.8. The number of ether oxygens (including phenoxy) is 1. The highest BCUT2D eigenvalue weighted by Crippen LogP contribution is 2.28. The van der Waals surface area contributed by atoms with E-state index in [-0.39, 0.29) is 6.04 Å². The van der Waals surface area contributed by atoms with E-state index in [2.05, 4.69) is 95.2 Å². The Bertz CT molecular complexity index is 743. The zero-order chi connectivity index (χ0) is 25.2. The minimum absolute atomic E-state index is 0.228. The molecule has 0 saturated carbocycles. The van der Waals surface area contributed by atoms with E-state index in [1.54, 1.807) is 0 Å². The fourth-order valence-electron chi connectivity index (χ4n) is 4.07. The maximum Gasteiger partial charge on any atom is 0.115 e. The second-order valence-corrected chi connectivity index (χ2v) is 9.39. The van der Waals surface area contributed by atoms with Crippen molar-refractivity contribution in [3.05, 3.63) is 78.7 Å². The number of rotatable bonds is 15. The second kappa shape index (κ2) is 18.2. The fraction of sp³-hybridized carbons (Fsp3) is 0.562. The highest BCUT2D eigenvalue weighted by atomic mass is 16.5. The van der Waals surface area contributed by atoms with E-state index in [1.807, 2.05) is 6.08 Å². The van der Waals surface area contributed by atoms with Crippen molar-refractivity contribution in [1.29, 1.82) is 0 Å². The maximum absolute atomic E-state index is 6.13.